The van der Waals surface area contributed by atoms with E-state index in [0.29, 0.717) is 0 Å². The molecule has 5 nitrogen and oxygen atoms in total. The van der Waals surface area contributed by atoms with Gasteiger partial charge >= 0.3 is 0 Å². The first-order valence-electron chi connectivity index (χ1n) is 4.41. The van der Waals surface area contributed by atoms with Crippen molar-refractivity contribution < 1.29 is 4.74 Å². The van der Waals surface area contributed by atoms with E-state index in [-0.39, 0.29) is 5.96 Å². The number of hydrogen-bond acceptors (Lipinski definition) is 3. The molecule has 0 amide bonds. The van der Waals surface area contributed by atoms with Crippen LogP contribution in [-0.2, 0) is 0 Å². The summed E-state index contributed by atoms with van der Waals surface area (Å²) in [5.74, 6) is 0.747. The lowest BCUT2D eigenvalue weighted by Gasteiger charge is -2.01. The predicted octanol–water partition coefficient (Wildman–Crippen LogP) is 0.693. The standard InChI is InChI=1S/C10H14N4O/c1-7(13-14-10(11)12)8-3-5-9(15-2)6-4-8/h3-6H,1-2H3,(H4,11,12,14)/b13-7+. The van der Waals surface area contributed by atoms with Gasteiger partial charge in [0.25, 0.3) is 0 Å². The number of benzene rings is 1. The van der Waals surface area contributed by atoms with E-state index in [1.807, 2.05) is 31.2 Å². The summed E-state index contributed by atoms with van der Waals surface area (Å²) in [5, 5.41) is 7.44. The fourth-order valence-corrected chi connectivity index (χ4v) is 1.02. The molecular formula is C10H14N4O. The van der Waals surface area contributed by atoms with Crippen molar-refractivity contribution in [3.05, 3.63) is 29.8 Å². The summed E-state index contributed by atoms with van der Waals surface area (Å²) < 4.78 is 5.04. The predicted molar refractivity (Wildman–Crippen MR) is 61.0 cm³/mol. The first kappa shape index (κ1) is 11.0. The molecule has 0 aliphatic heterocycles. The average molecular weight is 206 g/mol. The maximum atomic E-state index is 5.17. The number of guanidine groups is 1. The Hall–Kier alpha value is -2.04. The van der Waals surface area contributed by atoms with Crippen molar-refractivity contribution >= 4 is 11.7 Å². The van der Waals surface area contributed by atoms with Crippen molar-refractivity contribution in [1.82, 2.24) is 0 Å². The minimum atomic E-state index is -0.0529. The van der Waals surface area contributed by atoms with Crippen molar-refractivity contribution in [3.8, 4) is 5.75 Å². The molecule has 5 heteroatoms. The second-order valence-electron chi connectivity index (χ2n) is 2.94. The lowest BCUT2D eigenvalue weighted by Crippen LogP contribution is -2.22. The highest BCUT2D eigenvalue weighted by molar-refractivity contribution is 5.99. The van der Waals surface area contributed by atoms with Crippen LogP contribution in [0.4, 0.5) is 0 Å². The highest BCUT2D eigenvalue weighted by Gasteiger charge is 1.97. The largest absolute Gasteiger partial charge is 0.497 e. The highest BCUT2D eigenvalue weighted by Crippen LogP contribution is 2.11. The van der Waals surface area contributed by atoms with Gasteiger partial charge in [-0.05, 0) is 36.8 Å². The van der Waals surface area contributed by atoms with E-state index in [1.165, 1.54) is 0 Å². The van der Waals surface area contributed by atoms with Gasteiger partial charge < -0.3 is 16.2 Å². The topological polar surface area (TPSA) is 86.0 Å². The molecule has 0 bridgehead atoms. The minimum Gasteiger partial charge on any atom is -0.497 e. The van der Waals surface area contributed by atoms with Gasteiger partial charge in [0.15, 0.2) is 0 Å². The lowest BCUT2D eigenvalue weighted by molar-refractivity contribution is 0.415. The van der Waals surface area contributed by atoms with Crippen molar-refractivity contribution in [2.45, 2.75) is 6.92 Å². The molecule has 0 radical (unpaired) electrons. The second-order valence-corrected chi connectivity index (χ2v) is 2.94. The Balaban J connectivity index is 2.87. The van der Waals surface area contributed by atoms with Gasteiger partial charge in [0.2, 0.25) is 5.96 Å². The quantitative estimate of drug-likeness (QED) is 0.433. The Morgan fingerprint density at radius 1 is 1.13 bits per heavy atom. The van der Waals surface area contributed by atoms with Crippen LogP contribution in [0.2, 0.25) is 0 Å². The van der Waals surface area contributed by atoms with E-state index in [1.54, 1.807) is 7.11 Å². The number of nitrogens with zero attached hydrogens (tertiary/aromatic N) is 2. The van der Waals surface area contributed by atoms with Gasteiger partial charge in [-0.3, -0.25) is 0 Å². The molecule has 80 valence electrons. The third-order valence-electron chi connectivity index (χ3n) is 1.82. The summed E-state index contributed by atoms with van der Waals surface area (Å²) in [6.07, 6.45) is 0. The molecule has 4 N–H and O–H groups in total. The molecule has 0 aromatic heterocycles. The van der Waals surface area contributed by atoms with E-state index < -0.39 is 0 Å². The van der Waals surface area contributed by atoms with Gasteiger partial charge in [-0.1, -0.05) is 0 Å². The fraction of sp³-hybridized carbons (Fsp3) is 0.200. The summed E-state index contributed by atoms with van der Waals surface area (Å²) >= 11 is 0. The SMILES string of the molecule is COc1ccc(/C(C)=N/N=C(N)N)cc1. The first-order chi connectivity index (χ1) is 7.13. The van der Waals surface area contributed by atoms with E-state index in [2.05, 4.69) is 10.2 Å². The van der Waals surface area contributed by atoms with Crippen LogP contribution in [-0.4, -0.2) is 18.8 Å². The highest BCUT2D eigenvalue weighted by atomic mass is 16.5. The first-order valence-corrected chi connectivity index (χ1v) is 4.41. The molecule has 0 unspecified atom stereocenters. The van der Waals surface area contributed by atoms with Crippen molar-refractivity contribution in [1.29, 1.82) is 0 Å². The molecule has 0 saturated heterocycles. The molecule has 0 heterocycles. The van der Waals surface area contributed by atoms with E-state index in [9.17, 15) is 0 Å². The summed E-state index contributed by atoms with van der Waals surface area (Å²) in [6, 6.07) is 7.48. The molecule has 1 aromatic carbocycles. The molecule has 1 aromatic rings. The molecule has 0 spiro atoms. The van der Waals surface area contributed by atoms with Crippen molar-refractivity contribution in [2.75, 3.05) is 7.11 Å². The number of hydrogen-bond donors (Lipinski definition) is 2. The van der Waals surface area contributed by atoms with Gasteiger partial charge in [-0.25, -0.2) is 0 Å². The number of ether oxygens (including phenoxy) is 1. The lowest BCUT2D eigenvalue weighted by atomic mass is 10.1. The Kier molecular flexibility index (Phi) is 3.68. The minimum absolute atomic E-state index is 0.0529. The van der Waals surface area contributed by atoms with Gasteiger partial charge in [0.05, 0.1) is 12.8 Å². The summed E-state index contributed by atoms with van der Waals surface area (Å²) in [7, 11) is 1.62. The molecule has 0 saturated carbocycles. The molecule has 0 fully saturated rings. The van der Waals surface area contributed by atoms with Crippen LogP contribution >= 0.6 is 0 Å². The normalized spacial score (nSPS) is 10.9. The summed E-state index contributed by atoms with van der Waals surface area (Å²) in [6.45, 7) is 1.83. The van der Waals surface area contributed by atoms with Crippen LogP contribution in [0.25, 0.3) is 0 Å². The zero-order chi connectivity index (χ0) is 11.3. The van der Waals surface area contributed by atoms with Crippen LogP contribution in [0.1, 0.15) is 12.5 Å². The third kappa shape index (κ3) is 3.30. The zero-order valence-corrected chi connectivity index (χ0v) is 8.77. The molecule has 0 aliphatic rings. The molecule has 1 rings (SSSR count). The van der Waals surface area contributed by atoms with Crippen LogP contribution in [0.3, 0.4) is 0 Å². The second kappa shape index (κ2) is 4.99. The maximum absolute atomic E-state index is 5.17. The smallest absolute Gasteiger partial charge is 0.211 e. The Morgan fingerprint density at radius 2 is 1.73 bits per heavy atom. The van der Waals surface area contributed by atoms with Crippen LogP contribution < -0.4 is 16.2 Å². The van der Waals surface area contributed by atoms with Crippen LogP contribution in [0, 0.1) is 0 Å². The van der Waals surface area contributed by atoms with Crippen molar-refractivity contribution in [2.24, 2.45) is 21.7 Å². The Morgan fingerprint density at radius 3 is 2.20 bits per heavy atom. The Bertz CT molecular complexity index is 377. The van der Waals surface area contributed by atoms with Crippen LogP contribution in [0.15, 0.2) is 34.5 Å². The van der Waals surface area contributed by atoms with Crippen LogP contribution in [0.5, 0.6) is 5.75 Å². The molecule has 0 atom stereocenters. The molecular weight excluding hydrogens is 192 g/mol. The number of nitrogens with two attached hydrogens (primary N) is 2. The van der Waals surface area contributed by atoms with Gasteiger partial charge in [0.1, 0.15) is 5.75 Å². The fourth-order valence-electron chi connectivity index (χ4n) is 1.02. The average Bonchev–Trinajstić information content (AvgIpc) is 2.26. The maximum Gasteiger partial charge on any atom is 0.211 e. The van der Waals surface area contributed by atoms with Gasteiger partial charge in [0, 0.05) is 0 Å². The monoisotopic (exact) mass is 206 g/mol. The Labute approximate surface area is 88.4 Å². The van der Waals surface area contributed by atoms with E-state index in [4.69, 9.17) is 16.2 Å². The number of rotatable bonds is 3. The summed E-state index contributed by atoms with van der Waals surface area (Å²) in [5.41, 5.74) is 12.0. The van der Waals surface area contributed by atoms with E-state index >= 15 is 0 Å². The molecule has 0 aliphatic carbocycles. The molecule has 15 heavy (non-hydrogen) atoms. The van der Waals surface area contributed by atoms with Crippen molar-refractivity contribution in [3.63, 3.8) is 0 Å². The van der Waals surface area contributed by atoms with Gasteiger partial charge in [-0.15, -0.1) is 5.10 Å². The summed E-state index contributed by atoms with van der Waals surface area (Å²) in [4.78, 5) is 0. The zero-order valence-electron chi connectivity index (χ0n) is 8.77. The van der Waals surface area contributed by atoms with Gasteiger partial charge in [-0.2, -0.15) is 5.10 Å². The third-order valence-corrected chi connectivity index (χ3v) is 1.82. The number of methoxy groups -OCH3 is 1. The van der Waals surface area contributed by atoms with E-state index in [0.717, 1.165) is 17.0 Å².